The summed E-state index contributed by atoms with van der Waals surface area (Å²) in [4.78, 5) is 0.503. The minimum atomic E-state index is 0.503. The first-order valence-electron chi connectivity index (χ1n) is 2.95. The molecule has 1 rings (SSSR count). The Bertz CT molecular complexity index is 241. The lowest BCUT2D eigenvalue weighted by Gasteiger charge is -1.97. The third kappa shape index (κ3) is 1.54. The Kier molecular flexibility index (Phi) is 2.01. The Balaban J connectivity index is 2.74. The standard InChI is InChI=1S/C6H9N3S/c1-9-5(2-3-8-9)4-6(7)10/h2-3H,4H2,1H3,(H2,7,10). The van der Waals surface area contributed by atoms with Crippen molar-refractivity contribution in [1.29, 1.82) is 0 Å². The van der Waals surface area contributed by atoms with Crippen LogP contribution >= 0.6 is 12.2 Å². The molecule has 0 unspecified atom stereocenters. The predicted molar refractivity (Wildman–Crippen MR) is 43.7 cm³/mol. The van der Waals surface area contributed by atoms with E-state index in [1.165, 1.54) is 0 Å². The molecular weight excluding hydrogens is 146 g/mol. The number of hydrogen-bond acceptors (Lipinski definition) is 2. The van der Waals surface area contributed by atoms with Crippen LogP contribution in [-0.4, -0.2) is 14.8 Å². The number of nitrogens with two attached hydrogens (primary N) is 1. The van der Waals surface area contributed by atoms with Crippen LogP contribution in [0.4, 0.5) is 0 Å². The van der Waals surface area contributed by atoms with Gasteiger partial charge in [-0.2, -0.15) is 5.10 Å². The highest BCUT2D eigenvalue weighted by molar-refractivity contribution is 7.80. The second kappa shape index (κ2) is 2.79. The van der Waals surface area contributed by atoms with Crippen molar-refractivity contribution in [1.82, 2.24) is 9.78 Å². The maximum atomic E-state index is 5.34. The SMILES string of the molecule is Cn1nccc1CC(N)=S. The largest absolute Gasteiger partial charge is 0.393 e. The average Bonchev–Trinajstić information content (AvgIpc) is 2.15. The van der Waals surface area contributed by atoms with E-state index in [0.29, 0.717) is 11.4 Å². The van der Waals surface area contributed by atoms with Crippen molar-refractivity contribution < 1.29 is 0 Å². The van der Waals surface area contributed by atoms with E-state index in [1.54, 1.807) is 10.9 Å². The lowest BCUT2D eigenvalue weighted by atomic mass is 10.3. The molecule has 54 valence electrons. The van der Waals surface area contributed by atoms with Gasteiger partial charge in [-0.05, 0) is 6.07 Å². The highest BCUT2D eigenvalue weighted by Gasteiger charge is 1.97. The van der Waals surface area contributed by atoms with Crippen molar-refractivity contribution >= 4 is 17.2 Å². The lowest BCUT2D eigenvalue weighted by Crippen LogP contribution is -2.13. The molecule has 4 heteroatoms. The maximum Gasteiger partial charge on any atom is 0.0787 e. The summed E-state index contributed by atoms with van der Waals surface area (Å²) < 4.78 is 1.76. The van der Waals surface area contributed by atoms with Crippen LogP contribution in [0.5, 0.6) is 0 Å². The molecule has 1 aromatic rings. The molecule has 0 atom stereocenters. The van der Waals surface area contributed by atoms with Crippen LogP contribution in [0.3, 0.4) is 0 Å². The molecule has 0 fully saturated rings. The molecule has 1 aromatic heterocycles. The summed E-state index contributed by atoms with van der Waals surface area (Å²) in [5.74, 6) is 0. The van der Waals surface area contributed by atoms with Crippen molar-refractivity contribution in [3.63, 3.8) is 0 Å². The topological polar surface area (TPSA) is 43.8 Å². The van der Waals surface area contributed by atoms with E-state index in [4.69, 9.17) is 18.0 Å². The second-order valence-corrected chi connectivity index (χ2v) is 2.61. The van der Waals surface area contributed by atoms with Gasteiger partial charge in [-0.1, -0.05) is 12.2 Å². The van der Waals surface area contributed by atoms with E-state index >= 15 is 0 Å². The van der Waals surface area contributed by atoms with Crippen molar-refractivity contribution in [2.75, 3.05) is 0 Å². The Hall–Kier alpha value is -0.900. The van der Waals surface area contributed by atoms with Gasteiger partial charge in [-0.15, -0.1) is 0 Å². The minimum absolute atomic E-state index is 0.503. The van der Waals surface area contributed by atoms with Crippen LogP contribution in [0.2, 0.25) is 0 Å². The zero-order valence-electron chi connectivity index (χ0n) is 5.74. The van der Waals surface area contributed by atoms with Gasteiger partial charge in [0.25, 0.3) is 0 Å². The van der Waals surface area contributed by atoms with Gasteiger partial charge in [0.2, 0.25) is 0 Å². The Morgan fingerprint density at radius 2 is 2.60 bits per heavy atom. The fourth-order valence-electron chi connectivity index (χ4n) is 0.753. The second-order valence-electron chi connectivity index (χ2n) is 2.09. The monoisotopic (exact) mass is 155 g/mol. The van der Waals surface area contributed by atoms with Crippen LogP contribution in [0.1, 0.15) is 5.69 Å². The first kappa shape index (κ1) is 7.21. The molecular formula is C6H9N3S. The number of rotatable bonds is 2. The Morgan fingerprint density at radius 3 is 3.00 bits per heavy atom. The van der Waals surface area contributed by atoms with Crippen molar-refractivity contribution in [2.45, 2.75) is 6.42 Å². The third-order valence-corrected chi connectivity index (χ3v) is 1.42. The van der Waals surface area contributed by atoms with Gasteiger partial charge in [0.15, 0.2) is 0 Å². The number of thiocarbonyl (C=S) groups is 1. The van der Waals surface area contributed by atoms with E-state index in [9.17, 15) is 0 Å². The van der Waals surface area contributed by atoms with Crippen LogP contribution in [0, 0.1) is 0 Å². The average molecular weight is 155 g/mol. The van der Waals surface area contributed by atoms with Crippen molar-refractivity contribution in [2.24, 2.45) is 12.8 Å². The highest BCUT2D eigenvalue weighted by Crippen LogP contribution is 1.96. The zero-order valence-corrected chi connectivity index (χ0v) is 6.56. The Morgan fingerprint density at radius 1 is 1.90 bits per heavy atom. The normalized spacial score (nSPS) is 9.70. The molecule has 0 saturated carbocycles. The van der Waals surface area contributed by atoms with Crippen LogP contribution in [0.15, 0.2) is 12.3 Å². The molecule has 0 bridgehead atoms. The Labute approximate surface area is 64.8 Å². The number of aryl methyl sites for hydroxylation is 1. The van der Waals surface area contributed by atoms with Crippen LogP contribution < -0.4 is 5.73 Å². The van der Waals surface area contributed by atoms with E-state index < -0.39 is 0 Å². The van der Waals surface area contributed by atoms with Gasteiger partial charge in [-0.3, -0.25) is 4.68 Å². The number of nitrogens with zero attached hydrogens (tertiary/aromatic N) is 2. The molecule has 0 amide bonds. The zero-order chi connectivity index (χ0) is 7.56. The third-order valence-electron chi connectivity index (χ3n) is 1.28. The van der Waals surface area contributed by atoms with Crippen LogP contribution in [0.25, 0.3) is 0 Å². The molecule has 1 heterocycles. The molecule has 2 N–H and O–H groups in total. The van der Waals surface area contributed by atoms with Crippen molar-refractivity contribution in [3.05, 3.63) is 18.0 Å². The molecule has 0 aromatic carbocycles. The molecule has 0 aliphatic rings. The number of hydrogen-bond donors (Lipinski definition) is 1. The van der Waals surface area contributed by atoms with Crippen molar-refractivity contribution in [3.8, 4) is 0 Å². The van der Waals surface area contributed by atoms with E-state index in [2.05, 4.69) is 5.10 Å². The van der Waals surface area contributed by atoms with E-state index in [1.807, 2.05) is 13.1 Å². The van der Waals surface area contributed by atoms with Gasteiger partial charge in [0, 0.05) is 25.4 Å². The van der Waals surface area contributed by atoms with Gasteiger partial charge in [-0.25, -0.2) is 0 Å². The highest BCUT2D eigenvalue weighted by atomic mass is 32.1. The maximum absolute atomic E-state index is 5.34. The fourth-order valence-corrected chi connectivity index (χ4v) is 0.901. The first-order valence-corrected chi connectivity index (χ1v) is 3.36. The quantitative estimate of drug-likeness (QED) is 0.622. The molecule has 10 heavy (non-hydrogen) atoms. The number of aromatic nitrogens is 2. The van der Waals surface area contributed by atoms with Gasteiger partial charge in [0.1, 0.15) is 0 Å². The summed E-state index contributed by atoms with van der Waals surface area (Å²) in [7, 11) is 1.87. The summed E-state index contributed by atoms with van der Waals surface area (Å²) >= 11 is 4.74. The fraction of sp³-hybridized carbons (Fsp3) is 0.333. The summed E-state index contributed by atoms with van der Waals surface area (Å²) in [6, 6.07) is 1.90. The molecule has 0 radical (unpaired) electrons. The molecule has 0 saturated heterocycles. The summed E-state index contributed by atoms with van der Waals surface area (Å²) in [6.45, 7) is 0. The molecule has 0 spiro atoms. The smallest absolute Gasteiger partial charge is 0.0787 e. The molecule has 3 nitrogen and oxygen atoms in total. The van der Waals surface area contributed by atoms with Crippen LogP contribution in [-0.2, 0) is 13.5 Å². The molecule has 0 aliphatic heterocycles. The van der Waals surface area contributed by atoms with E-state index in [-0.39, 0.29) is 0 Å². The van der Waals surface area contributed by atoms with E-state index in [0.717, 1.165) is 5.69 Å². The summed E-state index contributed by atoms with van der Waals surface area (Å²) in [5, 5.41) is 3.97. The summed E-state index contributed by atoms with van der Waals surface area (Å²) in [6.07, 6.45) is 2.36. The first-order chi connectivity index (χ1) is 4.70. The summed E-state index contributed by atoms with van der Waals surface area (Å²) in [5.41, 5.74) is 6.39. The van der Waals surface area contributed by atoms with Gasteiger partial charge >= 0.3 is 0 Å². The minimum Gasteiger partial charge on any atom is -0.393 e. The van der Waals surface area contributed by atoms with Gasteiger partial charge in [0.05, 0.1) is 4.99 Å². The predicted octanol–water partition coefficient (Wildman–Crippen LogP) is 0.249. The van der Waals surface area contributed by atoms with Gasteiger partial charge < -0.3 is 5.73 Å². The molecule has 0 aliphatic carbocycles. The lowest BCUT2D eigenvalue weighted by molar-refractivity contribution is 0.732.